The van der Waals surface area contributed by atoms with Gasteiger partial charge in [0.25, 0.3) is 5.91 Å². The number of hydrogen-bond acceptors (Lipinski definition) is 4. The maximum Gasteiger partial charge on any atom is 0.260 e. The number of aldehydes is 1. The van der Waals surface area contributed by atoms with Crippen LogP contribution in [-0.2, 0) is 0 Å². The molecule has 86 valence electrons. The van der Waals surface area contributed by atoms with E-state index < -0.39 is 0 Å². The lowest BCUT2D eigenvalue weighted by Gasteiger charge is -2.03. The van der Waals surface area contributed by atoms with E-state index in [4.69, 9.17) is 4.52 Å². The van der Waals surface area contributed by atoms with Crippen LogP contribution in [0.2, 0.25) is 0 Å². The molecule has 0 aliphatic rings. The number of aryl methyl sites for hydroxylation is 1. The number of carbonyl (C=O) groups is 2. The standard InChI is InChI=1S/C12H10N2O3/c1-8-11(6-13-17-8)12(16)14-10-4-2-3-9(5-10)7-15/h2-7H,1H3,(H,14,16). The van der Waals surface area contributed by atoms with Crippen LogP contribution in [0.4, 0.5) is 5.69 Å². The molecule has 1 amide bonds. The lowest BCUT2D eigenvalue weighted by molar-refractivity contribution is 0.102. The molecule has 1 aromatic heterocycles. The second-order valence-corrected chi connectivity index (χ2v) is 3.49. The monoisotopic (exact) mass is 230 g/mol. The number of nitrogens with one attached hydrogen (secondary N) is 1. The molecule has 0 fully saturated rings. The first-order valence-electron chi connectivity index (χ1n) is 4.98. The number of hydrogen-bond donors (Lipinski definition) is 1. The zero-order chi connectivity index (χ0) is 12.3. The average molecular weight is 230 g/mol. The maximum atomic E-state index is 11.8. The van der Waals surface area contributed by atoms with Gasteiger partial charge in [-0.25, -0.2) is 0 Å². The molecule has 0 saturated heterocycles. The summed E-state index contributed by atoms with van der Waals surface area (Å²) < 4.78 is 4.80. The zero-order valence-corrected chi connectivity index (χ0v) is 9.14. The molecule has 1 heterocycles. The van der Waals surface area contributed by atoms with Gasteiger partial charge in [0.1, 0.15) is 17.6 Å². The molecule has 17 heavy (non-hydrogen) atoms. The van der Waals surface area contributed by atoms with Crippen LogP contribution in [0.1, 0.15) is 26.5 Å². The second kappa shape index (κ2) is 4.61. The third kappa shape index (κ3) is 2.39. The molecular formula is C12H10N2O3. The lowest BCUT2D eigenvalue weighted by atomic mass is 10.2. The maximum absolute atomic E-state index is 11.8. The van der Waals surface area contributed by atoms with Gasteiger partial charge in [0.05, 0.1) is 6.20 Å². The summed E-state index contributed by atoms with van der Waals surface area (Å²) in [6, 6.07) is 6.65. The van der Waals surface area contributed by atoms with Gasteiger partial charge in [-0.3, -0.25) is 9.59 Å². The van der Waals surface area contributed by atoms with Crippen molar-refractivity contribution in [1.29, 1.82) is 0 Å². The first kappa shape index (κ1) is 11.1. The summed E-state index contributed by atoms with van der Waals surface area (Å²) in [5.74, 6) is 0.140. The Balaban J connectivity index is 2.18. The third-order valence-corrected chi connectivity index (χ3v) is 2.28. The number of benzene rings is 1. The molecule has 5 nitrogen and oxygen atoms in total. The van der Waals surface area contributed by atoms with E-state index >= 15 is 0 Å². The van der Waals surface area contributed by atoms with Crippen LogP contribution in [0.3, 0.4) is 0 Å². The summed E-state index contributed by atoms with van der Waals surface area (Å²) in [4.78, 5) is 22.4. The summed E-state index contributed by atoms with van der Waals surface area (Å²) in [6.45, 7) is 1.66. The average Bonchev–Trinajstić information content (AvgIpc) is 2.76. The molecule has 5 heteroatoms. The van der Waals surface area contributed by atoms with Crippen LogP contribution in [0.25, 0.3) is 0 Å². The van der Waals surface area contributed by atoms with Gasteiger partial charge in [-0.2, -0.15) is 0 Å². The fourth-order valence-electron chi connectivity index (χ4n) is 1.40. The molecule has 0 unspecified atom stereocenters. The number of rotatable bonds is 3. The predicted octanol–water partition coefficient (Wildman–Crippen LogP) is 2.05. The predicted molar refractivity (Wildman–Crippen MR) is 61.0 cm³/mol. The molecule has 1 N–H and O–H groups in total. The molecule has 0 spiro atoms. The van der Waals surface area contributed by atoms with Crippen LogP contribution >= 0.6 is 0 Å². The Morgan fingerprint density at radius 1 is 1.47 bits per heavy atom. The number of nitrogens with zero attached hydrogens (tertiary/aromatic N) is 1. The highest BCUT2D eigenvalue weighted by atomic mass is 16.5. The molecule has 0 atom stereocenters. The Morgan fingerprint density at radius 3 is 2.94 bits per heavy atom. The Labute approximate surface area is 97.4 Å². The van der Waals surface area contributed by atoms with Gasteiger partial charge in [-0.1, -0.05) is 17.3 Å². The number of aromatic nitrogens is 1. The molecule has 2 rings (SSSR count). The summed E-state index contributed by atoms with van der Waals surface area (Å²) >= 11 is 0. The molecule has 0 radical (unpaired) electrons. The van der Waals surface area contributed by atoms with Crippen molar-refractivity contribution in [3.8, 4) is 0 Å². The van der Waals surface area contributed by atoms with Crippen molar-refractivity contribution in [3.05, 3.63) is 47.3 Å². The van der Waals surface area contributed by atoms with Crippen LogP contribution < -0.4 is 5.32 Å². The van der Waals surface area contributed by atoms with Gasteiger partial charge in [-0.15, -0.1) is 0 Å². The SMILES string of the molecule is Cc1oncc1C(=O)Nc1cccc(C=O)c1. The fourth-order valence-corrected chi connectivity index (χ4v) is 1.40. The van der Waals surface area contributed by atoms with E-state index in [1.165, 1.54) is 6.20 Å². The Hall–Kier alpha value is -2.43. The lowest BCUT2D eigenvalue weighted by Crippen LogP contribution is -2.12. The highest BCUT2D eigenvalue weighted by Crippen LogP contribution is 2.12. The molecule has 0 aliphatic carbocycles. The summed E-state index contributed by atoms with van der Waals surface area (Å²) in [6.07, 6.45) is 2.08. The van der Waals surface area contributed by atoms with Crippen molar-refractivity contribution in [2.24, 2.45) is 0 Å². The van der Waals surface area contributed by atoms with E-state index in [2.05, 4.69) is 10.5 Å². The second-order valence-electron chi connectivity index (χ2n) is 3.49. The molecule has 1 aromatic carbocycles. The van der Waals surface area contributed by atoms with E-state index in [1.807, 2.05) is 0 Å². The zero-order valence-electron chi connectivity index (χ0n) is 9.14. The minimum atomic E-state index is -0.313. The van der Waals surface area contributed by atoms with E-state index in [-0.39, 0.29) is 5.91 Å². The summed E-state index contributed by atoms with van der Waals surface area (Å²) in [5, 5.41) is 6.19. The van der Waals surface area contributed by atoms with Gasteiger partial charge in [0.2, 0.25) is 0 Å². The fraction of sp³-hybridized carbons (Fsp3) is 0.0833. The normalized spacial score (nSPS) is 9.94. The highest BCUT2D eigenvalue weighted by Gasteiger charge is 2.12. The third-order valence-electron chi connectivity index (χ3n) is 2.28. The van der Waals surface area contributed by atoms with Gasteiger partial charge in [0, 0.05) is 11.3 Å². The van der Waals surface area contributed by atoms with E-state index in [9.17, 15) is 9.59 Å². The molecular weight excluding hydrogens is 220 g/mol. The van der Waals surface area contributed by atoms with E-state index in [0.717, 1.165) is 6.29 Å². The van der Waals surface area contributed by atoms with Crippen LogP contribution in [0.5, 0.6) is 0 Å². The number of anilines is 1. The first-order valence-corrected chi connectivity index (χ1v) is 4.98. The summed E-state index contributed by atoms with van der Waals surface area (Å²) in [5.41, 5.74) is 1.44. The molecule has 0 aliphatic heterocycles. The Bertz CT molecular complexity index is 560. The first-order chi connectivity index (χ1) is 8.20. The van der Waals surface area contributed by atoms with Crippen molar-refractivity contribution in [2.45, 2.75) is 6.92 Å². The van der Waals surface area contributed by atoms with Crippen molar-refractivity contribution < 1.29 is 14.1 Å². The topological polar surface area (TPSA) is 72.2 Å². The molecule has 0 saturated carbocycles. The summed E-state index contributed by atoms with van der Waals surface area (Å²) in [7, 11) is 0. The van der Waals surface area contributed by atoms with Gasteiger partial charge in [0.15, 0.2) is 0 Å². The van der Waals surface area contributed by atoms with E-state index in [1.54, 1.807) is 31.2 Å². The smallest absolute Gasteiger partial charge is 0.260 e. The van der Waals surface area contributed by atoms with E-state index in [0.29, 0.717) is 22.6 Å². The van der Waals surface area contributed by atoms with Gasteiger partial charge in [-0.05, 0) is 19.1 Å². The van der Waals surface area contributed by atoms with Crippen molar-refractivity contribution in [1.82, 2.24) is 5.16 Å². The Morgan fingerprint density at radius 2 is 2.29 bits per heavy atom. The number of amides is 1. The quantitative estimate of drug-likeness (QED) is 0.819. The van der Waals surface area contributed by atoms with Crippen molar-refractivity contribution >= 4 is 17.9 Å². The van der Waals surface area contributed by atoms with Crippen molar-refractivity contribution in [2.75, 3.05) is 5.32 Å². The molecule has 2 aromatic rings. The number of carbonyl (C=O) groups excluding carboxylic acids is 2. The minimum Gasteiger partial charge on any atom is -0.361 e. The van der Waals surface area contributed by atoms with Crippen LogP contribution in [0.15, 0.2) is 35.0 Å². The minimum absolute atomic E-state index is 0.313. The highest BCUT2D eigenvalue weighted by molar-refractivity contribution is 6.04. The van der Waals surface area contributed by atoms with Gasteiger partial charge >= 0.3 is 0 Å². The van der Waals surface area contributed by atoms with Gasteiger partial charge < -0.3 is 9.84 Å². The molecule has 0 bridgehead atoms. The largest absolute Gasteiger partial charge is 0.361 e. The van der Waals surface area contributed by atoms with Crippen LogP contribution in [0, 0.1) is 6.92 Å². The Kier molecular flexibility index (Phi) is 3.00. The van der Waals surface area contributed by atoms with Crippen molar-refractivity contribution in [3.63, 3.8) is 0 Å². The van der Waals surface area contributed by atoms with Crippen LogP contribution in [-0.4, -0.2) is 17.4 Å².